The molecule has 3 aromatic rings. The van der Waals surface area contributed by atoms with Crippen LogP contribution in [0.3, 0.4) is 0 Å². The normalized spacial score (nSPS) is 24.5. The third-order valence-electron chi connectivity index (χ3n) is 13.0. The number of likely N-dealkylation sites (tertiary alicyclic amines) is 1. The van der Waals surface area contributed by atoms with E-state index in [1.165, 1.54) is 12.0 Å². The van der Waals surface area contributed by atoms with Gasteiger partial charge >= 0.3 is 6.09 Å². The highest BCUT2D eigenvalue weighted by Gasteiger charge is 2.67. The summed E-state index contributed by atoms with van der Waals surface area (Å²) in [5.41, 5.74) is 1.55. The molecule has 5 atom stereocenters. The number of allylic oxidation sites excluding steroid dienone is 1. The third kappa shape index (κ3) is 6.49. The Morgan fingerprint density at radius 3 is 2.47 bits per heavy atom. The first kappa shape index (κ1) is 40.4. The molecular formula is C43H54N4O9Si. The van der Waals surface area contributed by atoms with Crippen molar-refractivity contribution in [2.45, 2.75) is 103 Å². The molecule has 304 valence electrons. The summed E-state index contributed by atoms with van der Waals surface area (Å²) in [4.78, 5) is 60.7. The van der Waals surface area contributed by atoms with Crippen LogP contribution in [0.4, 0.5) is 10.5 Å². The van der Waals surface area contributed by atoms with Crippen molar-refractivity contribution >= 4 is 37.6 Å². The van der Waals surface area contributed by atoms with E-state index in [1.807, 2.05) is 62.4 Å². The van der Waals surface area contributed by atoms with Crippen molar-refractivity contribution in [3.63, 3.8) is 0 Å². The van der Waals surface area contributed by atoms with E-state index in [0.29, 0.717) is 71.8 Å². The molecule has 0 unspecified atom stereocenters. The van der Waals surface area contributed by atoms with E-state index in [2.05, 4.69) is 31.2 Å². The Labute approximate surface area is 334 Å². The summed E-state index contributed by atoms with van der Waals surface area (Å²) in [5, 5.41) is 19.6. The van der Waals surface area contributed by atoms with Crippen LogP contribution >= 0.6 is 0 Å². The number of anilines is 1. The lowest BCUT2D eigenvalue weighted by molar-refractivity contribution is -0.120. The summed E-state index contributed by atoms with van der Waals surface area (Å²) >= 11 is 0. The number of benzene rings is 2. The molecule has 0 saturated carbocycles. The summed E-state index contributed by atoms with van der Waals surface area (Å²) in [6.45, 7) is 14.2. The van der Waals surface area contributed by atoms with Crippen LogP contribution in [0, 0.1) is 25.7 Å². The van der Waals surface area contributed by atoms with Crippen LogP contribution in [-0.2, 0) is 27.0 Å². The highest BCUT2D eigenvalue weighted by atomic mass is 28.4. The van der Waals surface area contributed by atoms with Gasteiger partial charge in [0.1, 0.15) is 24.2 Å². The minimum Gasteiger partial charge on any atom is -0.508 e. The molecule has 2 amide bonds. The molecule has 0 radical (unpaired) electrons. The second-order valence-electron chi connectivity index (χ2n) is 17.7. The minimum absolute atomic E-state index is 0.0849. The van der Waals surface area contributed by atoms with E-state index >= 15 is 9.59 Å². The molecule has 1 aliphatic heterocycles. The Bertz CT molecular complexity index is 2170. The Hall–Kier alpha value is -4.79. The van der Waals surface area contributed by atoms with Crippen molar-refractivity contribution in [1.82, 2.24) is 15.0 Å². The van der Waals surface area contributed by atoms with Gasteiger partial charge in [-0.15, -0.1) is 0 Å². The number of Topliss-reactive ketones (excluding diaryl/α,β-unsaturated/α-hetero) is 2. The minimum atomic E-state index is -2.83. The van der Waals surface area contributed by atoms with Gasteiger partial charge in [-0.3, -0.25) is 24.2 Å². The molecule has 0 bridgehead atoms. The molecule has 2 N–H and O–H groups in total. The first-order valence-corrected chi connectivity index (χ1v) is 22.6. The topological polar surface area (TPSA) is 161 Å². The van der Waals surface area contributed by atoms with Crippen LogP contribution in [0.5, 0.6) is 5.75 Å². The van der Waals surface area contributed by atoms with Gasteiger partial charge in [-0.1, -0.05) is 56.3 Å². The number of aryl methyl sites for hydroxylation is 1. The van der Waals surface area contributed by atoms with E-state index in [4.69, 9.17) is 18.4 Å². The molecule has 1 saturated heterocycles. The largest absolute Gasteiger partial charge is 0.508 e. The van der Waals surface area contributed by atoms with E-state index in [9.17, 15) is 14.7 Å². The molecule has 1 aromatic heterocycles. The zero-order valence-electron chi connectivity index (χ0n) is 34.6. The number of carbonyl (C=O) groups excluding carboxylic acids is 4. The number of carbonyl (C=O) groups is 4. The van der Waals surface area contributed by atoms with Gasteiger partial charge in [-0.2, -0.15) is 0 Å². The van der Waals surface area contributed by atoms with Crippen molar-refractivity contribution < 1.29 is 42.7 Å². The van der Waals surface area contributed by atoms with Gasteiger partial charge in [0.15, 0.2) is 25.5 Å². The monoisotopic (exact) mass is 798 g/mol. The standard InChI is InChI=1S/C43H54N4O9Si/c1-23-29(44-40(51)30-17-14-18-47(30)41(52)54-22-25-15-12-11-13-16-25)21-31(53-8)27-19-26-20-28-35(46(6)7)37-33(24(2)45-55-37)38(49)43(28,56-57(9,10)42(3,4)5)39(50)34(26)36(48)32(23)27/h11-13,15-16,21,26,28,30,35,50H,14,17-20,22H2,1-10H3,(H,44,51)/t26-,28-,30+,35-,43+/m0/s1. The van der Waals surface area contributed by atoms with Crippen LogP contribution in [0.2, 0.25) is 18.1 Å². The Kier molecular flexibility index (Phi) is 10.3. The van der Waals surface area contributed by atoms with Gasteiger partial charge in [-0.25, -0.2) is 4.79 Å². The van der Waals surface area contributed by atoms with E-state index in [0.717, 1.165) is 5.56 Å². The fourth-order valence-corrected chi connectivity index (χ4v) is 10.6. The number of hydrogen-bond acceptors (Lipinski definition) is 11. The van der Waals surface area contributed by atoms with Crippen molar-refractivity contribution in [2.75, 3.05) is 33.1 Å². The molecule has 1 fully saturated rings. The second kappa shape index (κ2) is 14.5. The number of rotatable bonds is 8. The van der Waals surface area contributed by atoms with Gasteiger partial charge in [0, 0.05) is 40.9 Å². The van der Waals surface area contributed by atoms with Crippen molar-refractivity contribution in [3.05, 3.63) is 87.0 Å². The number of fused-ring (bicyclic) bond motifs is 4. The maximum atomic E-state index is 15.1. The van der Waals surface area contributed by atoms with Crippen molar-refractivity contribution in [2.24, 2.45) is 11.8 Å². The predicted octanol–water partition coefficient (Wildman–Crippen LogP) is 7.49. The Morgan fingerprint density at radius 2 is 1.82 bits per heavy atom. The highest BCUT2D eigenvalue weighted by molar-refractivity contribution is 6.74. The lowest BCUT2D eigenvalue weighted by Gasteiger charge is -2.55. The van der Waals surface area contributed by atoms with Crippen LogP contribution in [0.15, 0.2) is 52.3 Å². The molecule has 4 aliphatic rings. The molecule has 0 spiro atoms. The Morgan fingerprint density at radius 1 is 1.12 bits per heavy atom. The molecule has 14 heteroatoms. The number of aliphatic hydroxyl groups is 1. The van der Waals surface area contributed by atoms with E-state index < -0.39 is 61.4 Å². The number of aliphatic hydroxyl groups excluding tert-OH is 1. The predicted molar refractivity (Wildman–Crippen MR) is 215 cm³/mol. The third-order valence-corrected chi connectivity index (χ3v) is 17.5. The highest BCUT2D eigenvalue weighted by Crippen LogP contribution is 2.59. The number of hydrogen-bond donors (Lipinski definition) is 2. The molecule has 3 aliphatic carbocycles. The number of nitrogens with zero attached hydrogens (tertiary/aromatic N) is 3. The molecule has 13 nitrogen and oxygen atoms in total. The van der Waals surface area contributed by atoms with Gasteiger partial charge in [-0.05, 0) is 88.8 Å². The maximum absolute atomic E-state index is 15.1. The first-order chi connectivity index (χ1) is 26.8. The molecule has 2 heterocycles. The summed E-state index contributed by atoms with van der Waals surface area (Å²) in [7, 11) is 2.49. The van der Waals surface area contributed by atoms with Crippen molar-refractivity contribution in [3.8, 4) is 5.75 Å². The SMILES string of the molecule is COc1cc(NC(=O)[C@H]2CCCN2C(=O)OCc2ccccc2)c(C)c2c1C[C@H]1C[C@H]3[C@H](N(C)C)c4onc(C)c4C(=O)[C@@]3(O[Si](C)(C)C(C)(C)C)C(O)=C1C2=O. The van der Waals surface area contributed by atoms with Gasteiger partial charge < -0.3 is 28.8 Å². The lowest BCUT2D eigenvalue weighted by Crippen LogP contribution is -2.65. The molecular weight excluding hydrogens is 745 g/mol. The Balaban J connectivity index is 1.28. The van der Waals surface area contributed by atoms with Crippen molar-refractivity contribution in [1.29, 1.82) is 0 Å². The number of aromatic nitrogens is 1. The summed E-state index contributed by atoms with van der Waals surface area (Å²) in [6, 6.07) is 9.78. The van der Waals surface area contributed by atoms with Gasteiger partial charge in [0.05, 0.1) is 24.4 Å². The zero-order valence-corrected chi connectivity index (χ0v) is 35.6. The number of methoxy groups -OCH3 is 1. The van der Waals surface area contributed by atoms with E-state index in [1.54, 1.807) is 19.9 Å². The van der Waals surface area contributed by atoms with Crippen LogP contribution in [0.25, 0.3) is 0 Å². The van der Waals surface area contributed by atoms with Crippen LogP contribution in [-0.4, -0.2) is 91.3 Å². The fraction of sp³-hybridized carbons (Fsp3) is 0.512. The molecule has 7 rings (SSSR count). The van der Waals surface area contributed by atoms with E-state index in [-0.39, 0.29) is 28.5 Å². The lowest BCUT2D eigenvalue weighted by atomic mass is 9.58. The fourth-order valence-electron chi connectivity index (χ4n) is 9.11. The number of ether oxygens (including phenoxy) is 2. The van der Waals surface area contributed by atoms with Gasteiger partial charge in [0.2, 0.25) is 11.7 Å². The zero-order chi connectivity index (χ0) is 41.4. The second-order valence-corrected chi connectivity index (χ2v) is 22.4. The average Bonchev–Trinajstić information content (AvgIpc) is 3.80. The van der Waals surface area contributed by atoms with Crippen LogP contribution in [0.1, 0.15) is 94.9 Å². The molecule has 57 heavy (non-hydrogen) atoms. The number of ketones is 2. The summed E-state index contributed by atoms with van der Waals surface area (Å²) < 4.78 is 24.5. The van der Waals surface area contributed by atoms with Gasteiger partial charge in [0.25, 0.3) is 0 Å². The van der Waals surface area contributed by atoms with Crippen LogP contribution < -0.4 is 10.1 Å². The first-order valence-electron chi connectivity index (χ1n) is 19.7. The quantitative estimate of drug-likeness (QED) is 0.217. The number of amides is 2. The molecule has 2 aromatic carbocycles. The summed E-state index contributed by atoms with van der Waals surface area (Å²) in [6.07, 6.45) is 1.17. The summed E-state index contributed by atoms with van der Waals surface area (Å²) in [5.74, 6) is -1.93. The average molecular weight is 799 g/mol. The smallest absolute Gasteiger partial charge is 0.410 e. The number of nitrogens with one attached hydrogen (secondary N) is 1. The maximum Gasteiger partial charge on any atom is 0.410 e.